The van der Waals surface area contributed by atoms with Gasteiger partial charge < -0.3 is 14.5 Å². The zero-order valence-electron chi connectivity index (χ0n) is 14.7. The molecular formula is C18H26N4O2. The molecule has 0 spiro atoms. The minimum absolute atomic E-state index is 0.0452. The third-order valence-corrected chi connectivity index (χ3v) is 3.70. The second kappa shape index (κ2) is 9.08. The highest BCUT2D eigenvalue weighted by atomic mass is 16.5. The predicted octanol–water partition coefficient (Wildman–Crippen LogP) is 1.87. The summed E-state index contributed by atoms with van der Waals surface area (Å²) >= 11 is 0. The molecule has 0 bridgehead atoms. The van der Waals surface area contributed by atoms with Gasteiger partial charge in [-0.2, -0.15) is 5.10 Å². The predicted molar refractivity (Wildman–Crippen MR) is 93.8 cm³/mol. The molecule has 0 aliphatic heterocycles. The minimum atomic E-state index is -0.0452. The SMILES string of the molecule is CN(CCCn1cccn1)Cc1cccc(OCC(=O)N(C)C)c1. The Morgan fingerprint density at radius 3 is 2.79 bits per heavy atom. The van der Waals surface area contributed by atoms with Gasteiger partial charge in [-0.25, -0.2) is 0 Å². The Morgan fingerprint density at radius 1 is 1.25 bits per heavy atom. The van der Waals surface area contributed by atoms with Crippen LogP contribution in [0.15, 0.2) is 42.7 Å². The van der Waals surface area contributed by atoms with E-state index in [1.54, 1.807) is 20.3 Å². The number of carbonyl (C=O) groups is 1. The van der Waals surface area contributed by atoms with Crippen molar-refractivity contribution in [2.24, 2.45) is 0 Å². The third kappa shape index (κ3) is 6.04. The van der Waals surface area contributed by atoms with Gasteiger partial charge in [0.1, 0.15) is 5.75 Å². The van der Waals surface area contributed by atoms with E-state index in [0.29, 0.717) is 0 Å². The lowest BCUT2D eigenvalue weighted by Gasteiger charge is -2.17. The Kier molecular flexibility index (Phi) is 6.81. The Morgan fingerprint density at radius 2 is 2.08 bits per heavy atom. The number of benzene rings is 1. The fourth-order valence-electron chi connectivity index (χ4n) is 2.33. The fraction of sp³-hybridized carbons (Fsp3) is 0.444. The molecule has 6 heteroatoms. The van der Waals surface area contributed by atoms with E-state index in [0.717, 1.165) is 31.8 Å². The van der Waals surface area contributed by atoms with Crippen molar-refractivity contribution in [3.8, 4) is 5.75 Å². The van der Waals surface area contributed by atoms with Crippen LogP contribution in [0.4, 0.5) is 0 Å². The first-order chi connectivity index (χ1) is 11.5. The third-order valence-electron chi connectivity index (χ3n) is 3.70. The van der Waals surface area contributed by atoms with Gasteiger partial charge in [-0.1, -0.05) is 12.1 Å². The number of rotatable bonds is 9. The van der Waals surface area contributed by atoms with E-state index in [-0.39, 0.29) is 12.5 Å². The van der Waals surface area contributed by atoms with Crippen LogP contribution in [0.1, 0.15) is 12.0 Å². The van der Waals surface area contributed by atoms with Gasteiger partial charge in [0.05, 0.1) is 0 Å². The molecule has 0 aliphatic carbocycles. The zero-order valence-corrected chi connectivity index (χ0v) is 14.7. The first-order valence-corrected chi connectivity index (χ1v) is 8.12. The second-order valence-corrected chi connectivity index (χ2v) is 6.08. The van der Waals surface area contributed by atoms with Gasteiger partial charge in [-0.15, -0.1) is 0 Å². The summed E-state index contributed by atoms with van der Waals surface area (Å²) in [7, 11) is 5.55. The van der Waals surface area contributed by atoms with Gasteiger partial charge in [-0.05, 0) is 43.8 Å². The molecule has 1 aromatic heterocycles. The summed E-state index contributed by atoms with van der Waals surface area (Å²) < 4.78 is 7.51. The van der Waals surface area contributed by atoms with Gasteiger partial charge in [0.25, 0.3) is 5.91 Å². The lowest BCUT2D eigenvalue weighted by molar-refractivity contribution is -0.130. The summed E-state index contributed by atoms with van der Waals surface area (Å²) in [6.45, 7) is 2.82. The highest BCUT2D eigenvalue weighted by Gasteiger charge is 2.06. The number of nitrogens with zero attached hydrogens (tertiary/aromatic N) is 4. The highest BCUT2D eigenvalue weighted by molar-refractivity contribution is 5.77. The van der Waals surface area contributed by atoms with Gasteiger partial charge in [0.2, 0.25) is 0 Å². The van der Waals surface area contributed by atoms with Crippen molar-refractivity contribution in [1.29, 1.82) is 0 Å². The number of ether oxygens (including phenoxy) is 1. The van der Waals surface area contributed by atoms with Crippen molar-refractivity contribution >= 4 is 5.91 Å². The average Bonchev–Trinajstić information content (AvgIpc) is 3.06. The maximum atomic E-state index is 11.6. The maximum absolute atomic E-state index is 11.6. The molecule has 0 unspecified atom stereocenters. The van der Waals surface area contributed by atoms with Crippen LogP contribution in [-0.4, -0.2) is 59.8 Å². The van der Waals surface area contributed by atoms with Gasteiger partial charge in [-0.3, -0.25) is 9.48 Å². The fourth-order valence-corrected chi connectivity index (χ4v) is 2.33. The smallest absolute Gasteiger partial charge is 0.259 e. The molecule has 0 atom stereocenters. The van der Waals surface area contributed by atoms with Gasteiger partial charge >= 0.3 is 0 Å². The van der Waals surface area contributed by atoms with Crippen molar-refractivity contribution in [2.45, 2.75) is 19.5 Å². The first-order valence-electron chi connectivity index (χ1n) is 8.12. The molecule has 0 radical (unpaired) electrons. The van der Waals surface area contributed by atoms with E-state index in [2.05, 4.69) is 23.1 Å². The molecule has 0 N–H and O–H groups in total. The summed E-state index contributed by atoms with van der Waals surface area (Å²) in [6.07, 6.45) is 4.83. The summed E-state index contributed by atoms with van der Waals surface area (Å²) in [5.74, 6) is 0.684. The van der Waals surface area contributed by atoms with Crippen LogP contribution >= 0.6 is 0 Å². The van der Waals surface area contributed by atoms with Crippen LogP contribution in [0.25, 0.3) is 0 Å². The number of aryl methyl sites for hydroxylation is 1. The molecule has 1 aromatic carbocycles. The average molecular weight is 330 g/mol. The summed E-state index contributed by atoms with van der Waals surface area (Å²) in [5.41, 5.74) is 1.17. The topological polar surface area (TPSA) is 50.6 Å². The lowest BCUT2D eigenvalue weighted by Crippen LogP contribution is -2.27. The standard InChI is InChI=1S/C18H26N4O2/c1-20(2)18(23)15-24-17-8-4-7-16(13-17)14-21(3)10-6-12-22-11-5-9-19-22/h4-5,7-9,11,13H,6,10,12,14-15H2,1-3H3. The summed E-state index contributed by atoms with van der Waals surface area (Å²) in [5, 5.41) is 4.21. The number of hydrogen-bond donors (Lipinski definition) is 0. The second-order valence-electron chi connectivity index (χ2n) is 6.08. The van der Waals surface area contributed by atoms with Crippen LogP contribution in [0.5, 0.6) is 5.75 Å². The normalized spacial score (nSPS) is 10.8. The molecule has 1 amide bonds. The zero-order chi connectivity index (χ0) is 17.4. The highest BCUT2D eigenvalue weighted by Crippen LogP contribution is 2.15. The van der Waals surface area contributed by atoms with E-state index < -0.39 is 0 Å². The monoisotopic (exact) mass is 330 g/mol. The summed E-state index contributed by atoms with van der Waals surface area (Å²) in [4.78, 5) is 15.4. The first kappa shape index (κ1) is 18.0. The van der Waals surface area contributed by atoms with Crippen molar-refractivity contribution in [1.82, 2.24) is 19.6 Å². The number of likely N-dealkylation sites (N-methyl/N-ethyl adjacent to an activating group) is 1. The Balaban J connectivity index is 1.77. The van der Waals surface area contributed by atoms with Crippen LogP contribution in [0.2, 0.25) is 0 Å². The molecule has 130 valence electrons. The van der Waals surface area contributed by atoms with Crippen LogP contribution in [0, 0.1) is 0 Å². The van der Waals surface area contributed by atoms with Crippen molar-refractivity contribution in [3.63, 3.8) is 0 Å². The van der Waals surface area contributed by atoms with E-state index in [4.69, 9.17) is 4.74 Å². The summed E-state index contributed by atoms with van der Waals surface area (Å²) in [6, 6.07) is 9.85. The van der Waals surface area contributed by atoms with E-state index in [9.17, 15) is 4.79 Å². The largest absolute Gasteiger partial charge is 0.484 e. The minimum Gasteiger partial charge on any atom is -0.484 e. The van der Waals surface area contributed by atoms with E-state index >= 15 is 0 Å². The van der Waals surface area contributed by atoms with Crippen molar-refractivity contribution in [3.05, 3.63) is 48.3 Å². The molecule has 6 nitrogen and oxygen atoms in total. The molecular weight excluding hydrogens is 304 g/mol. The number of amides is 1. The molecule has 1 heterocycles. The van der Waals surface area contributed by atoms with Crippen LogP contribution in [-0.2, 0) is 17.9 Å². The lowest BCUT2D eigenvalue weighted by atomic mass is 10.2. The van der Waals surface area contributed by atoms with Crippen LogP contribution in [0.3, 0.4) is 0 Å². The molecule has 0 saturated carbocycles. The molecule has 0 fully saturated rings. The van der Waals surface area contributed by atoms with E-state index in [1.165, 1.54) is 10.5 Å². The van der Waals surface area contributed by atoms with Crippen molar-refractivity contribution < 1.29 is 9.53 Å². The quantitative estimate of drug-likeness (QED) is 0.704. The van der Waals surface area contributed by atoms with Crippen molar-refractivity contribution in [2.75, 3.05) is 34.3 Å². The Hall–Kier alpha value is -2.34. The molecule has 2 aromatic rings. The van der Waals surface area contributed by atoms with E-state index in [1.807, 2.05) is 35.1 Å². The number of aromatic nitrogens is 2. The van der Waals surface area contributed by atoms with Gasteiger partial charge in [0, 0.05) is 39.6 Å². The van der Waals surface area contributed by atoms with Gasteiger partial charge in [0.15, 0.2) is 6.61 Å². The Bertz CT molecular complexity index is 626. The molecule has 0 aliphatic rings. The molecule has 24 heavy (non-hydrogen) atoms. The maximum Gasteiger partial charge on any atom is 0.259 e. The number of hydrogen-bond acceptors (Lipinski definition) is 4. The Labute approximate surface area is 143 Å². The van der Waals surface area contributed by atoms with Crippen LogP contribution < -0.4 is 4.74 Å². The molecule has 0 saturated heterocycles. The number of carbonyl (C=O) groups excluding carboxylic acids is 1. The molecule has 2 rings (SSSR count).